The van der Waals surface area contributed by atoms with E-state index in [0.29, 0.717) is 12.8 Å². The van der Waals surface area contributed by atoms with Crippen molar-refractivity contribution < 1.29 is 4.79 Å². The summed E-state index contributed by atoms with van der Waals surface area (Å²) in [6.45, 7) is 6.62. The number of anilines is 1. The lowest BCUT2D eigenvalue weighted by molar-refractivity contribution is -0.121. The van der Waals surface area contributed by atoms with Crippen LogP contribution in [0.2, 0.25) is 5.02 Å². The van der Waals surface area contributed by atoms with Crippen molar-refractivity contribution in [1.29, 1.82) is 0 Å². The number of carbonyl (C=O) groups is 1. The van der Waals surface area contributed by atoms with Gasteiger partial charge < -0.3 is 10.2 Å². The Balaban J connectivity index is 1.52. The molecular formula is C23H29ClN2O. The van der Waals surface area contributed by atoms with Gasteiger partial charge >= 0.3 is 0 Å². The van der Waals surface area contributed by atoms with Crippen molar-refractivity contribution in [3.63, 3.8) is 0 Å². The standard InChI is InChI=1S/C23H29ClN2O/c1-17-6-5-15-26(16-17)21-12-9-19(10-13-21)18(2)25-23(27)14-11-20-7-3-4-8-22(20)24/h3-4,7-10,12-13,17-18H,5-6,11,14-16H2,1-2H3,(H,25,27)/t17-,18-/m1/s1. The minimum Gasteiger partial charge on any atom is -0.371 e. The Morgan fingerprint density at radius 3 is 2.67 bits per heavy atom. The number of hydrogen-bond acceptors (Lipinski definition) is 2. The Morgan fingerprint density at radius 1 is 1.22 bits per heavy atom. The summed E-state index contributed by atoms with van der Waals surface area (Å²) in [6, 6.07) is 16.3. The monoisotopic (exact) mass is 384 g/mol. The highest BCUT2D eigenvalue weighted by Crippen LogP contribution is 2.24. The molecule has 2 aromatic carbocycles. The number of benzene rings is 2. The third-order valence-electron chi connectivity index (χ3n) is 5.37. The molecule has 0 spiro atoms. The molecule has 27 heavy (non-hydrogen) atoms. The topological polar surface area (TPSA) is 32.3 Å². The van der Waals surface area contributed by atoms with Gasteiger partial charge in [0.2, 0.25) is 5.91 Å². The minimum absolute atomic E-state index is 0.00178. The summed E-state index contributed by atoms with van der Waals surface area (Å²) in [5.74, 6) is 0.811. The van der Waals surface area contributed by atoms with Crippen molar-refractivity contribution in [3.05, 3.63) is 64.7 Å². The number of amides is 1. The zero-order valence-corrected chi connectivity index (χ0v) is 17.0. The molecule has 2 aromatic rings. The summed E-state index contributed by atoms with van der Waals surface area (Å²) < 4.78 is 0. The first-order valence-electron chi connectivity index (χ1n) is 9.90. The summed E-state index contributed by atoms with van der Waals surface area (Å²) in [5.41, 5.74) is 3.43. The maximum atomic E-state index is 12.3. The highest BCUT2D eigenvalue weighted by molar-refractivity contribution is 6.31. The molecule has 0 radical (unpaired) electrons. The van der Waals surface area contributed by atoms with Crippen LogP contribution in [0.3, 0.4) is 0 Å². The number of hydrogen-bond donors (Lipinski definition) is 1. The van der Waals surface area contributed by atoms with E-state index < -0.39 is 0 Å². The largest absolute Gasteiger partial charge is 0.371 e. The van der Waals surface area contributed by atoms with E-state index in [-0.39, 0.29) is 11.9 Å². The fourth-order valence-corrected chi connectivity index (χ4v) is 3.97. The van der Waals surface area contributed by atoms with Gasteiger partial charge in [0.05, 0.1) is 6.04 Å². The third kappa shape index (κ3) is 5.49. The van der Waals surface area contributed by atoms with Crippen LogP contribution in [0.15, 0.2) is 48.5 Å². The summed E-state index contributed by atoms with van der Waals surface area (Å²) in [5, 5.41) is 3.82. The second-order valence-corrected chi connectivity index (χ2v) is 8.07. The fourth-order valence-electron chi connectivity index (χ4n) is 3.74. The van der Waals surface area contributed by atoms with E-state index in [1.54, 1.807) is 0 Å². The average molecular weight is 385 g/mol. The van der Waals surface area contributed by atoms with Crippen LogP contribution in [-0.2, 0) is 11.2 Å². The van der Waals surface area contributed by atoms with Gasteiger partial charge in [0.25, 0.3) is 0 Å². The smallest absolute Gasteiger partial charge is 0.220 e. The molecule has 0 aliphatic carbocycles. The van der Waals surface area contributed by atoms with Gasteiger partial charge in [0.1, 0.15) is 0 Å². The molecule has 1 aliphatic heterocycles. The molecule has 1 amide bonds. The van der Waals surface area contributed by atoms with Crippen LogP contribution < -0.4 is 10.2 Å². The van der Waals surface area contributed by atoms with Crippen molar-refractivity contribution in [1.82, 2.24) is 5.32 Å². The van der Waals surface area contributed by atoms with E-state index in [9.17, 15) is 4.79 Å². The van der Waals surface area contributed by atoms with Gasteiger partial charge in [-0.2, -0.15) is 0 Å². The van der Waals surface area contributed by atoms with Crippen LogP contribution in [0.5, 0.6) is 0 Å². The fraction of sp³-hybridized carbons (Fsp3) is 0.435. The molecule has 1 saturated heterocycles. The molecule has 1 aliphatic rings. The number of nitrogens with zero attached hydrogens (tertiary/aromatic N) is 1. The highest BCUT2D eigenvalue weighted by Gasteiger charge is 2.17. The van der Waals surface area contributed by atoms with Crippen LogP contribution in [-0.4, -0.2) is 19.0 Å². The van der Waals surface area contributed by atoms with Crippen LogP contribution >= 0.6 is 11.6 Å². The van der Waals surface area contributed by atoms with Crippen LogP contribution in [0, 0.1) is 5.92 Å². The lowest BCUT2D eigenvalue weighted by atomic mass is 9.99. The molecule has 1 N–H and O–H groups in total. The van der Waals surface area contributed by atoms with Crippen molar-refractivity contribution in [2.75, 3.05) is 18.0 Å². The molecule has 0 bridgehead atoms. The molecule has 0 aromatic heterocycles. The van der Waals surface area contributed by atoms with Gasteiger partial charge in [0, 0.05) is 30.2 Å². The summed E-state index contributed by atoms with van der Waals surface area (Å²) >= 11 is 6.16. The maximum absolute atomic E-state index is 12.3. The van der Waals surface area contributed by atoms with Crippen LogP contribution in [0.25, 0.3) is 0 Å². The van der Waals surface area contributed by atoms with Gasteiger partial charge in [-0.05, 0) is 61.4 Å². The minimum atomic E-state index is -0.00178. The Kier molecular flexibility index (Phi) is 6.78. The maximum Gasteiger partial charge on any atom is 0.220 e. The van der Waals surface area contributed by atoms with E-state index in [2.05, 4.69) is 41.4 Å². The average Bonchev–Trinajstić information content (AvgIpc) is 2.67. The van der Waals surface area contributed by atoms with Crippen LogP contribution in [0.1, 0.15) is 50.3 Å². The van der Waals surface area contributed by atoms with Crippen LogP contribution in [0.4, 0.5) is 5.69 Å². The van der Waals surface area contributed by atoms with E-state index >= 15 is 0 Å². The second-order valence-electron chi connectivity index (χ2n) is 7.67. The van der Waals surface area contributed by atoms with Crippen molar-refractivity contribution >= 4 is 23.2 Å². The zero-order valence-electron chi connectivity index (χ0n) is 16.2. The van der Waals surface area contributed by atoms with Gasteiger partial charge in [0.15, 0.2) is 0 Å². The van der Waals surface area contributed by atoms with Gasteiger partial charge in [-0.3, -0.25) is 4.79 Å². The predicted octanol–water partition coefficient (Wildman–Crippen LogP) is 5.39. The lowest BCUT2D eigenvalue weighted by Crippen LogP contribution is -2.34. The van der Waals surface area contributed by atoms with E-state index in [1.807, 2.05) is 31.2 Å². The van der Waals surface area contributed by atoms with Gasteiger partial charge in [-0.15, -0.1) is 0 Å². The zero-order chi connectivity index (χ0) is 19.2. The number of carbonyl (C=O) groups excluding carboxylic acids is 1. The van der Waals surface area contributed by atoms with Gasteiger partial charge in [-0.25, -0.2) is 0 Å². The first-order valence-corrected chi connectivity index (χ1v) is 10.3. The summed E-state index contributed by atoms with van der Waals surface area (Å²) in [6.07, 6.45) is 3.69. The predicted molar refractivity (Wildman–Crippen MR) is 113 cm³/mol. The number of rotatable bonds is 6. The summed E-state index contributed by atoms with van der Waals surface area (Å²) in [7, 11) is 0. The lowest BCUT2D eigenvalue weighted by Gasteiger charge is -2.33. The molecule has 1 fully saturated rings. The molecule has 4 heteroatoms. The number of nitrogens with one attached hydrogen (secondary N) is 1. The SMILES string of the molecule is C[C@@H]1CCCN(c2ccc([C@@H](C)NC(=O)CCc3ccccc3Cl)cc2)C1. The quantitative estimate of drug-likeness (QED) is 0.724. The van der Waals surface area contributed by atoms with Gasteiger partial charge in [-0.1, -0.05) is 48.9 Å². The van der Waals surface area contributed by atoms with Crippen molar-refractivity contribution in [2.24, 2.45) is 5.92 Å². The van der Waals surface area contributed by atoms with Crippen molar-refractivity contribution in [2.45, 2.75) is 45.6 Å². The Bertz CT molecular complexity index is 759. The summed E-state index contributed by atoms with van der Waals surface area (Å²) in [4.78, 5) is 14.8. The molecule has 3 nitrogen and oxygen atoms in total. The molecular weight excluding hydrogens is 356 g/mol. The number of halogens is 1. The highest BCUT2D eigenvalue weighted by atomic mass is 35.5. The molecule has 3 rings (SSSR count). The normalized spacial score (nSPS) is 18.2. The Hall–Kier alpha value is -2.00. The molecule has 2 atom stereocenters. The molecule has 1 heterocycles. The number of piperidine rings is 1. The first kappa shape index (κ1) is 19.8. The molecule has 0 unspecified atom stereocenters. The van der Waals surface area contributed by atoms with Crippen molar-refractivity contribution in [3.8, 4) is 0 Å². The molecule has 144 valence electrons. The van der Waals surface area contributed by atoms with E-state index in [4.69, 9.17) is 11.6 Å². The first-order chi connectivity index (χ1) is 13.0. The van der Waals surface area contributed by atoms with E-state index in [1.165, 1.54) is 18.5 Å². The second kappa shape index (κ2) is 9.27. The van der Waals surface area contributed by atoms with E-state index in [0.717, 1.165) is 35.2 Å². The third-order valence-corrected chi connectivity index (χ3v) is 5.74. The Labute approximate surface area is 167 Å². The Morgan fingerprint density at radius 2 is 1.96 bits per heavy atom. The number of aryl methyl sites for hydroxylation is 1. The molecule has 0 saturated carbocycles.